The quantitative estimate of drug-likeness (QED) is 0.626. The zero-order valence-corrected chi connectivity index (χ0v) is 12.2. The molecule has 0 fully saturated rings. The SMILES string of the molecule is COc1ccc2cc([N+](=O)[O-])n(C(=O)OC(C)(C)C)c2c1. The van der Waals surface area contributed by atoms with Crippen LogP contribution in [0, 0.1) is 10.1 Å². The van der Waals surface area contributed by atoms with E-state index in [2.05, 4.69) is 0 Å². The summed E-state index contributed by atoms with van der Waals surface area (Å²) in [4.78, 5) is 22.8. The molecule has 0 amide bonds. The number of methoxy groups -OCH3 is 1. The van der Waals surface area contributed by atoms with E-state index in [1.54, 1.807) is 39.0 Å². The Kier molecular flexibility index (Phi) is 3.59. The van der Waals surface area contributed by atoms with Gasteiger partial charge in [0.25, 0.3) is 0 Å². The molecule has 0 saturated carbocycles. The highest BCUT2D eigenvalue weighted by Crippen LogP contribution is 2.29. The van der Waals surface area contributed by atoms with Gasteiger partial charge in [-0.25, -0.2) is 0 Å². The molecule has 2 rings (SSSR count). The summed E-state index contributed by atoms with van der Waals surface area (Å²) in [7, 11) is 1.48. The molecule has 0 saturated heterocycles. The first kappa shape index (κ1) is 14.8. The number of hydrogen-bond acceptors (Lipinski definition) is 5. The topological polar surface area (TPSA) is 83.6 Å². The molecule has 2 aromatic rings. The van der Waals surface area contributed by atoms with Gasteiger partial charge in [-0.3, -0.25) is 0 Å². The maximum atomic E-state index is 12.3. The Balaban J connectivity index is 2.65. The summed E-state index contributed by atoms with van der Waals surface area (Å²) in [6, 6.07) is 6.22. The molecule has 0 N–H and O–H groups in total. The highest BCUT2D eigenvalue weighted by atomic mass is 16.6. The predicted molar refractivity (Wildman–Crippen MR) is 76.8 cm³/mol. The Hall–Kier alpha value is -2.57. The maximum absolute atomic E-state index is 12.3. The first-order valence-corrected chi connectivity index (χ1v) is 6.30. The number of nitro groups is 1. The van der Waals surface area contributed by atoms with E-state index < -0.39 is 16.6 Å². The van der Waals surface area contributed by atoms with Crippen LogP contribution in [-0.4, -0.2) is 28.3 Å². The van der Waals surface area contributed by atoms with E-state index in [9.17, 15) is 14.9 Å². The standard InChI is InChI=1S/C14H16N2O5/c1-14(2,3)21-13(17)15-11-8-10(20-4)6-5-9(11)7-12(15)16(18)19/h5-8H,1-4H3. The van der Waals surface area contributed by atoms with E-state index in [1.807, 2.05) is 0 Å². The number of nitrogens with zero attached hydrogens (tertiary/aromatic N) is 2. The molecule has 0 atom stereocenters. The highest BCUT2D eigenvalue weighted by molar-refractivity contribution is 5.94. The minimum atomic E-state index is -0.794. The van der Waals surface area contributed by atoms with E-state index in [1.165, 1.54) is 13.2 Å². The van der Waals surface area contributed by atoms with Crippen molar-refractivity contribution in [2.75, 3.05) is 7.11 Å². The van der Waals surface area contributed by atoms with Crippen molar-refractivity contribution >= 4 is 22.8 Å². The van der Waals surface area contributed by atoms with Gasteiger partial charge in [0.05, 0.1) is 7.11 Å². The number of hydrogen-bond donors (Lipinski definition) is 0. The lowest BCUT2D eigenvalue weighted by atomic mass is 10.2. The molecule has 0 unspecified atom stereocenters. The van der Waals surface area contributed by atoms with Crippen LogP contribution in [0.1, 0.15) is 20.8 Å². The van der Waals surface area contributed by atoms with Crippen molar-refractivity contribution < 1.29 is 19.2 Å². The molecular weight excluding hydrogens is 276 g/mol. The second-order valence-electron chi connectivity index (χ2n) is 5.50. The largest absolute Gasteiger partial charge is 0.513 e. The number of fused-ring (bicyclic) bond motifs is 1. The van der Waals surface area contributed by atoms with Crippen LogP contribution in [0.15, 0.2) is 24.3 Å². The maximum Gasteiger partial charge on any atom is 0.513 e. The normalized spacial score (nSPS) is 11.4. The van der Waals surface area contributed by atoms with E-state index in [0.717, 1.165) is 4.57 Å². The van der Waals surface area contributed by atoms with E-state index in [0.29, 0.717) is 16.7 Å². The van der Waals surface area contributed by atoms with Gasteiger partial charge < -0.3 is 19.6 Å². The summed E-state index contributed by atoms with van der Waals surface area (Å²) in [5.74, 6) is 0.160. The Morgan fingerprint density at radius 3 is 2.48 bits per heavy atom. The summed E-state index contributed by atoms with van der Waals surface area (Å²) >= 11 is 0. The molecule has 1 aromatic carbocycles. The predicted octanol–water partition coefficient (Wildman–Crippen LogP) is 3.34. The van der Waals surface area contributed by atoms with Gasteiger partial charge in [0, 0.05) is 17.5 Å². The van der Waals surface area contributed by atoms with Crippen molar-refractivity contribution in [3.05, 3.63) is 34.4 Å². The van der Waals surface area contributed by atoms with Crippen molar-refractivity contribution in [2.24, 2.45) is 0 Å². The van der Waals surface area contributed by atoms with Gasteiger partial charge >= 0.3 is 11.9 Å². The summed E-state index contributed by atoms with van der Waals surface area (Å²) in [6.45, 7) is 5.09. The molecule has 0 radical (unpaired) electrons. The van der Waals surface area contributed by atoms with Crippen molar-refractivity contribution in [3.63, 3.8) is 0 Å². The minimum Gasteiger partial charge on any atom is -0.497 e. The number of carbonyl (C=O) groups excluding carboxylic acids is 1. The molecule has 0 aliphatic heterocycles. The second-order valence-corrected chi connectivity index (χ2v) is 5.50. The van der Waals surface area contributed by atoms with Gasteiger partial charge in [0.2, 0.25) is 0 Å². The number of carbonyl (C=O) groups is 1. The van der Waals surface area contributed by atoms with Crippen molar-refractivity contribution in [3.8, 4) is 5.75 Å². The third-order valence-corrected chi connectivity index (χ3v) is 2.76. The zero-order valence-electron chi connectivity index (χ0n) is 12.2. The Morgan fingerprint density at radius 1 is 1.29 bits per heavy atom. The summed E-state index contributed by atoms with van der Waals surface area (Å²) < 4.78 is 11.3. The number of aromatic nitrogens is 1. The van der Waals surface area contributed by atoms with Crippen LogP contribution < -0.4 is 4.74 Å². The van der Waals surface area contributed by atoms with Crippen molar-refractivity contribution in [1.29, 1.82) is 0 Å². The fourth-order valence-electron chi connectivity index (χ4n) is 1.93. The lowest BCUT2D eigenvalue weighted by molar-refractivity contribution is -0.390. The Labute approximate surface area is 121 Å². The van der Waals surface area contributed by atoms with E-state index in [4.69, 9.17) is 9.47 Å². The van der Waals surface area contributed by atoms with Gasteiger partial charge in [0.1, 0.15) is 11.4 Å². The highest BCUT2D eigenvalue weighted by Gasteiger charge is 2.30. The van der Waals surface area contributed by atoms with Gasteiger partial charge in [-0.15, -0.1) is 4.57 Å². The molecular formula is C14H16N2O5. The average molecular weight is 292 g/mol. The van der Waals surface area contributed by atoms with Crippen molar-refractivity contribution in [2.45, 2.75) is 26.4 Å². The number of benzene rings is 1. The van der Waals surface area contributed by atoms with Gasteiger partial charge in [-0.05, 0) is 37.8 Å². The van der Waals surface area contributed by atoms with Gasteiger partial charge in [-0.2, -0.15) is 4.79 Å². The summed E-state index contributed by atoms with van der Waals surface area (Å²) in [6.07, 6.45) is -0.794. The number of ether oxygens (including phenoxy) is 2. The first-order valence-electron chi connectivity index (χ1n) is 6.30. The monoisotopic (exact) mass is 292 g/mol. The first-order chi connectivity index (χ1) is 9.73. The molecule has 1 heterocycles. The fourth-order valence-corrected chi connectivity index (χ4v) is 1.93. The van der Waals surface area contributed by atoms with Crippen LogP contribution in [0.3, 0.4) is 0 Å². The minimum absolute atomic E-state index is 0.340. The molecule has 0 spiro atoms. The lowest BCUT2D eigenvalue weighted by Crippen LogP contribution is -2.27. The van der Waals surface area contributed by atoms with Crippen LogP contribution in [0.5, 0.6) is 5.75 Å². The molecule has 0 aliphatic rings. The Bertz CT molecular complexity index is 712. The Morgan fingerprint density at radius 2 is 1.95 bits per heavy atom. The molecule has 7 nitrogen and oxygen atoms in total. The smallest absolute Gasteiger partial charge is 0.497 e. The molecule has 21 heavy (non-hydrogen) atoms. The van der Waals surface area contributed by atoms with Crippen LogP contribution in [0.25, 0.3) is 10.9 Å². The van der Waals surface area contributed by atoms with Crippen LogP contribution in [-0.2, 0) is 4.74 Å². The van der Waals surface area contributed by atoms with E-state index in [-0.39, 0.29) is 5.82 Å². The van der Waals surface area contributed by atoms with Crippen LogP contribution in [0.4, 0.5) is 10.6 Å². The third-order valence-electron chi connectivity index (χ3n) is 2.76. The zero-order chi connectivity index (χ0) is 15.8. The molecule has 0 aliphatic carbocycles. The second kappa shape index (κ2) is 5.08. The third kappa shape index (κ3) is 2.96. The average Bonchev–Trinajstić information content (AvgIpc) is 2.74. The molecule has 0 bridgehead atoms. The van der Waals surface area contributed by atoms with Crippen LogP contribution in [0.2, 0.25) is 0 Å². The van der Waals surface area contributed by atoms with Crippen molar-refractivity contribution in [1.82, 2.24) is 4.57 Å². The van der Waals surface area contributed by atoms with Crippen LogP contribution >= 0.6 is 0 Å². The molecule has 1 aromatic heterocycles. The van der Waals surface area contributed by atoms with Gasteiger partial charge in [0.15, 0.2) is 5.52 Å². The van der Waals surface area contributed by atoms with Gasteiger partial charge in [-0.1, -0.05) is 0 Å². The lowest BCUT2D eigenvalue weighted by Gasteiger charge is -2.17. The number of rotatable bonds is 2. The van der Waals surface area contributed by atoms with E-state index >= 15 is 0 Å². The molecule has 112 valence electrons. The summed E-state index contributed by atoms with van der Waals surface area (Å²) in [5.41, 5.74) is -0.379. The summed E-state index contributed by atoms with van der Waals surface area (Å²) in [5, 5.41) is 11.7. The fraction of sp³-hybridized carbons (Fsp3) is 0.357. The molecule has 7 heteroatoms.